The maximum absolute atomic E-state index is 12.9. The zero-order valence-corrected chi connectivity index (χ0v) is 13.5. The van der Waals surface area contributed by atoms with Crippen LogP contribution in [0, 0.1) is 5.82 Å². The van der Waals surface area contributed by atoms with Crippen LogP contribution in [0.15, 0.2) is 42.5 Å². The van der Waals surface area contributed by atoms with E-state index >= 15 is 0 Å². The molecule has 0 unspecified atom stereocenters. The van der Waals surface area contributed by atoms with Gasteiger partial charge in [0, 0.05) is 12.1 Å². The molecule has 0 radical (unpaired) electrons. The second-order valence-corrected chi connectivity index (χ2v) is 5.61. The van der Waals surface area contributed by atoms with Crippen LogP contribution in [0.25, 0.3) is 0 Å². The van der Waals surface area contributed by atoms with Crippen molar-refractivity contribution in [3.05, 3.63) is 59.4 Å². The molecule has 1 aliphatic heterocycles. The highest BCUT2D eigenvalue weighted by molar-refractivity contribution is 5.97. The summed E-state index contributed by atoms with van der Waals surface area (Å²) in [5.41, 5.74) is 1.14. The average molecular weight is 344 g/mol. The van der Waals surface area contributed by atoms with E-state index in [0.717, 1.165) is 5.56 Å². The molecule has 0 aliphatic carbocycles. The zero-order chi connectivity index (χ0) is 17.8. The first-order valence-corrected chi connectivity index (χ1v) is 7.75. The van der Waals surface area contributed by atoms with Crippen LogP contribution in [-0.2, 0) is 11.3 Å². The summed E-state index contributed by atoms with van der Waals surface area (Å²) in [6, 6.07) is 9.79. The molecule has 7 heteroatoms. The van der Waals surface area contributed by atoms with Gasteiger partial charge in [0.15, 0.2) is 11.5 Å². The molecule has 2 aromatic rings. The molecule has 1 aliphatic rings. The van der Waals surface area contributed by atoms with Crippen molar-refractivity contribution in [2.45, 2.75) is 19.5 Å². The smallest absolute Gasteiger partial charge is 0.251 e. The maximum atomic E-state index is 12.9. The first-order valence-electron chi connectivity index (χ1n) is 7.75. The lowest BCUT2D eigenvalue weighted by Crippen LogP contribution is -2.44. The number of halogens is 1. The molecule has 0 saturated carbocycles. The molecule has 3 rings (SSSR count). The van der Waals surface area contributed by atoms with E-state index < -0.39 is 17.8 Å². The molecule has 6 nitrogen and oxygen atoms in total. The third-order valence-corrected chi connectivity index (χ3v) is 3.75. The van der Waals surface area contributed by atoms with Crippen LogP contribution >= 0.6 is 0 Å². The Bertz CT molecular complexity index is 792. The van der Waals surface area contributed by atoms with Crippen molar-refractivity contribution in [2.75, 3.05) is 6.79 Å². The third kappa shape index (κ3) is 4.06. The van der Waals surface area contributed by atoms with Gasteiger partial charge in [-0.3, -0.25) is 9.59 Å². The monoisotopic (exact) mass is 344 g/mol. The van der Waals surface area contributed by atoms with E-state index in [-0.39, 0.29) is 18.3 Å². The number of ether oxygens (including phenoxy) is 2. The fourth-order valence-electron chi connectivity index (χ4n) is 2.34. The minimum atomic E-state index is -0.730. The Labute approximate surface area is 143 Å². The number of rotatable bonds is 5. The van der Waals surface area contributed by atoms with Gasteiger partial charge in [-0.25, -0.2) is 4.39 Å². The molecule has 0 spiro atoms. The fraction of sp³-hybridized carbons (Fsp3) is 0.222. The molecule has 130 valence electrons. The van der Waals surface area contributed by atoms with Gasteiger partial charge in [0.2, 0.25) is 12.7 Å². The van der Waals surface area contributed by atoms with E-state index in [1.54, 1.807) is 19.1 Å². The van der Waals surface area contributed by atoms with Crippen molar-refractivity contribution in [1.29, 1.82) is 0 Å². The molecule has 0 aromatic heterocycles. The van der Waals surface area contributed by atoms with E-state index in [1.165, 1.54) is 24.3 Å². The molecular formula is C18H17FN2O4. The summed E-state index contributed by atoms with van der Waals surface area (Å²) in [4.78, 5) is 24.2. The highest BCUT2D eigenvalue weighted by Gasteiger charge is 2.17. The van der Waals surface area contributed by atoms with Crippen molar-refractivity contribution in [2.24, 2.45) is 0 Å². The van der Waals surface area contributed by atoms with E-state index in [2.05, 4.69) is 10.6 Å². The highest BCUT2D eigenvalue weighted by Crippen LogP contribution is 2.32. The van der Waals surface area contributed by atoms with Gasteiger partial charge in [-0.05, 0) is 48.9 Å². The SMILES string of the molecule is C[C@H](NC(=O)c1ccc(F)cc1)C(=O)NCc1ccc2c(c1)OCO2. The standard InChI is InChI=1S/C18H17FN2O4/c1-11(21-18(23)13-3-5-14(19)6-4-13)17(22)20-9-12-2-7-15-16(8-12)25-10-24-15/h2-8,11H,9-10H2,1H3,(H,20,22)(H,21,23)/t11-/m0/s1. The summed E-state index contributed by atoms with van der Waals surface area (Å²) in [6.07, 6.45) is 0. The van der Waals surface area contributed by atoms with Crippen LogP contribution in [0.4, 0.5) is 4.39 Å². The van der Waals surface area contributed by atoms with E-state index in [4.69, 9.17) is 9.47 Å². The predicted octanol–water partition coefficient (Wildman–Crippen LogP) is 1.99. The number of carbonyl (C=O) groups is 2. The lowest BCUT2D eigenvalue weighted by Gasteiger charge is -2.14. The second kappa shape index (κ2) is 7.21. The van der Waals surface area contributed by atoms with Crippen LogP contribution in [0.2, 0.25) is 0 Å². The first kappa shape index (κ1) is 16.8. The number of nitrogens with one attached hydrogen (secondary N) is 2. The quantitative estimate of drug-likeness (QED) is 0.870. The van der Waals surface area contributed by atoms with Crippen LogP contribution in [-0.4, -0.2) is 24.6 Å². The predicted molar refractivity (Wildman–Crippen MR) is 87.7 cm³/mol. The van der Waals surface area contributed by atoms with Gasteiger partial charge in [-0.1, -0.05) is 6.07 Å². The van der Waals surface area contributed by atoms with Crippen molar-refractivity contribution in [3.63, 3.8) is 0 Å². The fourth-order valence-corrected chi connectivity index (χ4v) is 2.34. The molecule has 2 aromatic carbocycles. The van der Waals surface area contributed by atoms with Crippen LogP contribution in [0.1, 0.15) is 22.8 Å². The molecule has 1 heterocycles. The number of carbonyl (C=O) groups excluding carboxylic acids is 2. The Hall–Kier alpha value is -3.09. The zero-order valence-electron chi connectivity index (χ0n) is 13.5. The Morgan fingerprint density at radius 1 is 1.12 bits per heavy atom. The lowest BCUT2D eigenvalue weighted by molar-refractivity contribution is -0.122. The van der Waals surface area contributed by atoms with Crippen LogP contribution < -0.4 is 20.1 Å². The van der Waals surface area contributed by atoms with Crippen molar-refractivity contribution in [1.82, 2.24) is 10.6 Å². The van der Waals surface area contributed by atoms with Gasteiger partial charge in [0.05, 0.1) is 0 Å². The summed E-state index contributed by atoms with van der Waals surface area (Å²) < 4.78 is 23.4. The number of hydrogen-bond donors (Lipinski definition) is 2. The third-order valence-electron chi connectivity index (χ3n) is 3.75. The average Bonchev–Trinajstić information content (AvgIpc) is 3.07. The van der Waals surface area contributed by atoms with E-state index in [1.807, 2.05) is 6.07 Å². The summed E-state index contributed by atoms with van der Waals surface area (Å²) in [6.45, 7) is 2.07. The molecule has 0 bridgehead atoms. The van der Waals surface area contributed by atoms with Crippen molar-refractivity contribution in [3.8, 4) is 11.5 Å². The normalized spacial score (nSPS) is 13.2. The van der Waals surface area contributed by atoms with E-state index in [0.29, 0.717) is 18.0 Å². The molecule has 0 saturated heterocycles. The lowest BCUT2D eigenvalue weighted by atomic mass is 10.2. The van der Waals surface area contributed by atoms with Crippen LogP contribution in [0.3, 0.4) is 0 Å². The van der Waals surface area contributed by atoms with Gasteiger partial charge < -0.3 is 20.1 Å². The van der Waals surface area contributed by atoms with Crippen LogP contribution in [0.5, 0.6) is 11.5 Å². The number of amides is 2. The van der Waals surface area contributed by atoms with Gasteiger partial charge in [-0.2, -0.15) is 0 Å². The number of hydrogen-bond acceptors (Lipinski definition) is 4. The van der Waals surface area contributed by atoms with E-state index in [9.17, 15) is 14.0 Å². The van der Waals surface area contributed by atoms with Gasteiger partial charge in [0.25, 0.3) is 5.91 Å². The molecule has 0 fully saturated rings. The highest BCUT2D eigenvalue weighted by atomic mass is 19.1. The summed E-state index contributed by atoms with van der Waals surface area (Å²) >= 11 is 0. The Kier molecular flexibility index (Phi) is 4.83. The molecule has 25 heavy (non-hydrogen) atoms. The summed E-state index contributed by atoms with van der Waals surface area (Å²) in [5, 5.41) is 5.32. The number of fused-ring (bicyclic) bond motifs is 1. The van der Waals surface area contributed by atoms with Crippen molar-refractivity contribution >= 4 is 11.8 Å². The van der Waals surface area contributed by atoms with Gasteiger partial charge >= 0.3 is 0 Å². The largest absolute Gasteiger partial charge is 0.454 e. The summed E-state index contributed by atoms with van der Waals surface area (Å²) in [7, 11) is 0. The van der Waals surface area contributed by atoms with Gasteiger partial charge in [0.1, 0.15) is 11.9 Å². The minimum absolute atomic E-state index is 0.192. The topological polar surface area (TPSA) is 76.7 Å². The van der Waals surface area contributed by atoms with Gasteiger partial charge in [-0.15, -0.1) is 0 Å². The summed E-state index contributed by atoms with van der Waals surface area (Å²) in [5.74, 6) is 0.129. The Morgan fingerprint density at radius 3 is 2.60 bits per heavy atom. The maximum Gasteiger partial charge on any atom is 0.251 e. The first-order chi connectivity index (χ1) is 12.0. The Balaban J connectivity index is 1.52. The Morgan fingerprint density at radius 2 is 1.84 bits per heavy atom. The molecular weight excluding hydrogens is 327 g/mol. The second-order valence-electron chi connectivity index (χ2n) is 5.61. The minimum Gasteiger partial charge on any atom is -0.454 e. The molecule has 2 amide bonds. The molecule has 2 N–H and O–H groups in total. The molecule has 1 atom stereocenters. The number of benzene rings is 2. The van der Waals surface area contributed by atoms with Crippen molar-refractivity contribution < 1.29 is 23.5 Å².